The monoisotopic (exact) mass is 332 g/mol. The van der Waals surface area contributed by atoms with Gasteiger partial charge in [0.2, 0.25) is 0 Å². The molecule has 0 fully saturated rings. The SMILES string of the molecule is Cc1ncsc1CCN(C)C(=O)Nc1n[nH]c(-c2ccco2)n1. The summed E-state index contributed by atoms with van der Waals surface area (Å²) in [5.74, 6) is 1.24. The van der Waals surface area contributed by atoms with Gasteiger partial charge in [-0.3, -0.25) is 10.4 Å². The smallest absolute Gasteiger partial charge is 0.324 e. The van der Waals surface area contributed by atoms with Gasteiger partial charge in [0.15, 0.2) is 11.6 Å². The number of aromatic amines is 1. The standard InChI is InChI=1S/C14H16N6O2S/c1-9-11(23-8-15-9)5-6-20(2)14(21)17-13-16-12(18-19-13)10-4-3-7-22-10/h3-4,7-8H,5-6H2,1-2H3,(H2,16,17,18,19,21). The minimum Gasteiger partial charge on any atom is -0.461 e. The lowest BCUT2D eigenvalue weighted by Gasteiger charge is -2.16. The fourth-order valence-electron chi connectivity index (χ4n) is 1.97. The molecule has 23 heavy (non-hydrogen) atoms. The quantitative estimate of drug-likeness (QED) is 0.748. The van der Waals surface area contributed by atoms with Crippen molar-refractivity contribution in [3.63, 3.8) is 0 Å². The zero-order valence-electron chi connectivity index (χ0n) is 12.7. The van der Waals surface area contributed by atoms with Crippen LogP contribution in [0.3, 0.4) is 0 Å². The number of amides is 2. The van der Waals surface area contributed by atoms with Crippen LogP contribution in [0.1, 0.15) is 10.6 Å². The Balaban J connectivity index is 1.55. The summed E-state index contributed by atoms with van der Waals surface area (Å²) in [7, 11) is 1.73. The van der Waals surface area contributed by atoms with Crippen LogP contribution in [-0.4, -0.2) is 44.7 Å². The van der Waals surface area contributed by atoms with E-state index in [-0.39, 0.29) is 12.0 Å². The number of nitrogens with zero attached hydrogens (tertiary/aromatic N) is 4. The van der Waals surface area contributed by atoms with E-state index in [9.17, 15) is 4.79 Å². The molecule has 3 aromatic rings. The summed E-state index contributed by atoms with van der Waals surface area (Å²) in [5.41, 5.74) is 2.83. The molecular weight excluding hydrogens is 316 g/mol. The van der Waals surface area contributed by atoms with Gasteiger partial charge in [0.1, 0.15) is 0 Å². The third kappa shape index (κ3) is 3.57. The fraction of sp³-hybridized carbons (Fsp3) is 0.286. The van der Waals surface area contributed by atoms with Gasteiger partial charge in [-0.05, 0) is 19.1 Å². The van der Waals surface area contributed by atoms with Crippen molar-refractivity contribution in [2.45, 2.75) is 13.3 Å². The van der Waals surface area contributed by atoms with Crippen molar-refractivity contribution >= 4 is 23.3 Å². The van der Waals surface area contributed by atoms with Crippen LogP contribution < -0.4 is 5.32 Å². The van der Waals surface area contributed by atoms with Crippen molar-refractivity contribution < 1.29 is 9.21 Å². The maximum atomic E-state index is 12.1. The predicted molar refractivity (Wildman–Crippen MR) is 86.3 cm³/mol. The molecule has 0 unspecified atom stereocenters. The Labute approximate surface area is 136 Å². The minimum atomic E-state index is -0.267. The van der Waals surface area contributed by atoms with E-state index >= 15 is 0 Å². The zero-order valence-corrected chi connectivity index (χ0v) is 13.6. The van der Waals surface area contributed by atoms with E-state index < -0.39 is 0 Å². The first-order valence-corrected chi connectivity index (χ1v) is 7.89. The van der Waals surface area contributed by atoms with E-state index in [1.807, 2.05) is 12.4 Å². The molecule has 0 aromatic carbocycles. The topological polar surface area (TPSA) is 99.9 Å². The maximum Gasteiger partial charge on any atom is 0.324 e. The van der Waals surface area contributed by atoms with Gasteiger partial charge in [-0.1, -0.05) is 0 Å². The number of thiazole rings is 1. The predicted octanol–water partition coefficient (Wildman–Crippen LogP) is 2.54. The molecule has 2 amide bonds. The summed E-state index contributed by atoms with van der Waals surface area (Å²) in [6.07, 6.45) is 2.32. The first-order valence-electron chi connectivity index (χ1n) is 7.01. The van der Waals surface area contributed by atoms with E-state index in [1.165, 1.54) is 4.88 Å². The summed E-state index contributed by atoms with van der Waals surface area (Å²) in [6.45, 7) is 2.56. The average molecular weight is 332 g/mol. The highest BCUT2D eigenvalue weighted by Gasteiger charge is 2.14. The number of hydrogen-bond acceptors (Lipinski definition) is 6. The Morgan fingerprint density at radius 3 is 3.09 bits per heavy atom. The molecule has 0 aliphatic rings. The first kappa shape index (κ1) is 15.2. The summed E-state index contributed by atoms with van der Waals surface area (Å²) >= 11 is 1.60. The second-order valence-corrected chi connectivity index (χ2v) is 5.89. The zero-order chi connectivity index (χ0) is 16.2. The highest BCUT2D eigenvalue weighted by Crippen LogP contribution is 2.16. The normalized spacial score (nSPS) is 10.7. The summed E-state index contributed by atoms with van der Waals surface area (Å²) in [4.78, 5) is 23.3. The van der Waals surface area contributed by atoms with Crippen LogP contribution >= 0.6 is 11.3 Å². The summed E-state index contributed by atoms with van der Waals surface area (Å²) in [5, 5.41) is 9.32. The lowest BCUT2D eigenvalue weighted by Crippen LogP contribution is -2.33. The van der Waals surface area contributed by atoms with Gasteiger partial charge in [0, 0.05) is 24.9 Å². The average Bonchev–Trinajstić information content (AvgIpc) is 3.26. The van der Waals surface area contributed by atoms with Crippen molar-refractivity contribution in [3.05, 3.63) is 34.5 Å². The number of H-pyrrole nitrogens is 1. The number of aromatic nitrogens is 4. The maximum absolute atomic E-state index is 12.1. The third-order valence-corrected chi connectivity index (χ3v) is 4.32. The highest BCUT2D eigenvalue weighted by molar-refractivity contribution is 7.09. The van der Waals surface area contributed by atoms with E-state index in [0.29, 0.717) is 18.1 Å². The molecule has 0 radical (unpaired) electrons. The molecule has 2 N–H and O–H groups in total. The lowest BCUT2D eigenvalue weighted by atomic mass is 10.3. The largest absolute Gasteiger partial charge is 0.461 e. The molecule has 0 aliphatic carbocycles. The fourth-order valence-corrected chi connectivity index (χ4v) is 2.74. The van der Waals surface area contributed by atoms with Crippen LogP contribution in [0.25, 0.3) is 11.6 Å². The molecule has 0 spiro atoms. The number of likely N-dealkylation sites (N-methyl/N-ethyl adjacent to an activating group) is 1. The number of hydrogen-bond donors (Lipinski definition) is 2. The number of aryl methyl sites for hydroxylation is 1. The van der Waals surface area contributed by atoms with Crippen molar-refractivity contribution in [2.75, 3.05) is 18.9 Å². The van der Waals surface area contributed by atoms with Crippen LogP contribution in [0.5, 0.6) is 0 Å². The molecule has 0 saturated carbocycles. The summed E-state index contributed by atoms with van der Waals surface area (Å²) in [6, 6.07) is 3.25. The second-order valence-electron chi connectivity index (χ2n) is 4.95. The lowest BCUT2D eigenvalue weighted by molar-refractivity contribution is 0.223. The second kappa shape index (κ2) is 6.61. The number of carbonyl (C=O) groups is 1. The van der Waals surface area contributed by atoms with Gasteiger partial charge in [0.25, 0.3) is 5.95 Å². The number of urea groups is 1. The molecule has 0 atom stereocenters. The van der Waals surface area contributed by atoms with E-state index in [0.717, 1.165) is 12.1 Å². The number of nitrogens with one attached hydrogen (secondary N) is 2. The van der Waals surface area contributed by atoms with Crippen molar-refractivity contribution in [2.24, 2.45) is 0 Å². The molecule has 0 bridgehead atoms. The Kier molecular flexibility index (Phi) is 4.38. The highest BCUT2D eigenvalue weighted by atomic mass is 32.1. The number of anilines is 1. The van der Waals surface area contributed by atoms with Crippen molar-refractivity contribution in [1.82, 2.24) is 25.1 Å². The molecule has 0 aliphatic heterocycles. The van der Waals surface area contributed by atoms with Crippen LogP contribution in [0.2, 0.25) is 0 Å². The van der Waals surface area contributed by atoms with Gasteiger partial charge in [-0.15, -0.1) is 16.4 Å². The number of carbonyl (C=O) groups excluding carboxylic acids is 1. The molecule has 0 saturated heterocycles. The molecule has 3 aromatic heterocycles. The van der Waals surface area contributed by atoms with Gasteiger partial charge in [-0.2, -0.15) is 4.98 Å². The molecular formula is C14H16N6O2S. The molecule has 8 nitrogen and oxygen atoms in total. The summed E-state index contributed by atoms with van der Waals surface area (Å²) < 4.78 is 5.21. The van der Waals surface area contributed by atoms with Crippen LogP contribution in [-0.2, 0) is 6.42 Å². The van der Waals surface area contributed by atoms with Gasteiger partial charge in [0.05, 0.1) is 17.5 Å². The Hall–Kier alpha value is -2.68. The van der Waals surface area contributed by atoms with Crippen LogP contribution in [0.4, 0.5) is 10.7 Å². The van der Waals surface area contributed by atoms with Crippen LogP contribution in [0.15, 0.2) is 28.3 Å². The molecule has 3 rings (SSSR count). The van der Waals surface area contributed by atoms with Gasteiger partial charge < -0.3 is 9.32 Å². The minimum absolute atomic E-state index is 0.210. The number of furan rings is 1. The first-order chi connectivity index (χ1) is 11.1. The van der Waals surface area contributed by atoms with Gasteiger partial charge >= 0.3 is 6.03 Å². The van der Waals surface area contributed by atoms with Gasteiger partial charge in [-0.25, -0.2) is 9.78 Å². The van der Waals surface area contributed by atoms with E-state index in [4.69, 9.17) is 4.42 Å². The van der Waals surface area contributed by atoms with Crippen molar-refractivity contribution in [3.8, 4) is 11.6 Å². The Bertz CT molecular complexity index is 779. The Morgan fingerprint density at radius 2 is 2.39 bits per heavy atom. The van der Waals surface area contributed by atoms with E-state index in [2.05, 4.69) is 25.5 Å². The third-order valence-electron chi connectivity index (χ3n) is 3.32. The Morgan fingerprint density at radius 1 is 1.52 bits per heavy atom. The molecule has 9 heteroatoms. The van der Waals surface area contributed by atoms with Crippen LogP contribution in [0, 0.1) is 6.92 Å². The molecule has 120 valence electrons. The van der Waals surface area contributed by atoms with Crippen molar-refractivity contribution in [1.29, 1.82) is 0 Å². The van der Waals surface area contributed by atoms with E-state index in [1.54, 1.807) is 41.7 Å². The number of rotatable bonds is 5. The molecule has 3 heterocycles.